The summed E-state index contributed by atoms with van der Waals surface area (Å²) in [6, 6.07) is 2.81. The van der Waals surface area contributed by atoms with Gasteiger partial charge in [0.1, 0.15) is 5.82 Å². The number of carbonyl (C=O) groups is 1. The Morgan fingerprint density at radius 2 is 2.23 bits per heavy atom. The molecule has 0 unspecified atom stereocenters. The van der Waals surface area contributed by atoms with Gasteiger partial charge >= 0.3 is 0 Å². The highest BCUT2D eigenvalue weighted by Gasteiger charge is 2.14. The average molecular weight is 266 g/mol. The molecular formula is C9H7BrClFO. The summed E-state index contributed by atoms with van der Waals surface area (Å²) in [5.74, 6) is -0.801. The molecule has 0 fully saturated rings. The molecule has 0 atom stereocenters. The van der Waals surface area contributed by atoms with Gasteiger partial charge in [-0.05, 0) is 24.6 Å². The molecule has 0 radical (unpaired) electrons. The van der Waals surface area contributed by atoms with Crippen LogP contribution in [0.2, 0.25) is 0 Å². The maximum Gasteiger partial charge on any atom is 0.179 e. The molecule has 0 aromatic heterocycles. The minimum atomic E-state index is -0.392. The lowest BCUT2D eigenvalue weighted by molar-refractivity contribution is 0.101. The van der Waals surface area contributed by atoms with Crippen LogP contribution in [0.4, 0.5) is 4.39 Å². The van der Waals surface area contributed by atoms with Gasteiger partial charge in [0.15, 0.2) is 5.78 Å². The van der Waals surface area contributed by atoms with Crippen molar-refractivity contribution in [2.75, 3.05) is 5.88 Å². The molecule has 1 nitrogen and oxygen atoms in total. The number of benzene rings is 1. The van der Waals surface area contributed by atoms with Crippen LogP contribution in [-0.4, -0.2) is 11.7 Å². The van der Waals surface area contributed by atoms with Gasteiger partial charge in [0, 0.05) is 10.0 Å². The molecule has 1 aromatic rings. The SMILES string of the molecule is Cc1c(F)ccc(Br)c1C(=O)CCl. The first kappa shape index (κ1) is 10.7. The van der Waals surface area contributed by atoms with E-state index in [1.807, 2.05) is 0 Å². The Balaban J connectivity index is 3.33. The summed E-state index contributed by atoms with van der Waals surface area (Å²) in [6.45, 7) is 1.56. The summed E-state index contributed by atoms with van der Waals surface area (Å²) in [6.07, 6.45) is 0. The maximum atomic E-state index is 13.0. The number of rotatable bonds is 2. The Bertz CT molecular complexity index is 352. The van der Waals surface area contributed by atoms with E-state index in [2.05, 4.69) is 15.9 Å². The zero-order valence-corrected chi connectivity index (χ0v) is 9.25. The highest BCUT2D eigenvalue weighted by Crippen LogP contribution is 2.23. The van der Waals surface area contributed by atoms with Crippen LogP contribution in [0, 0.1) is 12.7 Å². The molecule has 0 amide bonds. The number of hydrogen-bond acceptors (Lipinski definition) is 1. The lowest BCUT2D eigenvalue weighted by Gasteiger charge is -2.06. The third kappa shape index (κ3) is 2.09. The molecule has 1 rings (SSSR count). The Morgan fingerprint density at radius 3 is 2.77 bits per heavy atom. The van der Waals surface area contributed by atoms with E-state index in [1.54, 1.807) is 6.92 Å². The van der Waals surface area contributed by atoms with Crippen LogP contribution in [-0.2, 0) is 0 Å². The quantitative estimate of drug-likeness (QED) is 0.592. The smallest absolute Gasteiger partial charge is 0.179 e. The molecule has 0 saturated heterocycles. The maximum absolute atomic E-state index is 13.0. The summed E-state index contributed by atoms with van der Waals surface area (Å²) in [5.41, 5.74) is 0.662. The summed E-state index contributed by atoms with van der Waals surface area (Å²) < 4.78 is 13.6. The minimum Gasteiger partial charge on any atom is -0.293 e. The number of halogens is 3. The third-order valence-electron chi connectivity index (χ3n) is 1.75. The van der Waals surface area contributed by atoms with Crippen molar-refractivity contribution in [3.8, 4) is 0 Å². The van der Waals surface area contributed by atoms with Crippen LogP contribution >= 0.6 is 27.5 Å². The van der Waals surface area contributed by atoms with Crippen LogP contribution in [0.15, 0.2) is 16.6 Å². The summed E-state index contributed by atoms with van der Waals surface area (Å²) in [4.78, 5) is 11.3. The van der Waals surface area contributed by atoms with E-state index in [0.717, 1.165) is 0 Å². The van der Waals surface area contributed by atoms with Gasteiger partial charge in [-0.25, -0.2) is 4.39 Å². The van der Waals surface area contributed by atoms with Crippen molar-refractivity contribution >= 4 is 33.3 Å². The second-order valence-electron chi connectivity index (χ2n) is 2.59. The molecule has 0 N–H and O–H groups in total. The highest BCUT2D eigenvalue weighted by atomic mass is 79.9. The van der Waals surface area contributed by atoms with E-state index >= 15 is 0 Å². The van der Waals surface area contributed by atoms with E-state index < -0.39 is 5.82 Å². The minimum absolute atomic E-state index is 0.136. The molecule has 0 aliphatic heterocycles. The van der Waals surface area contributed by atoms with Crippen molar-refractivity contribution in [3.63, 3.8) is 0 Å². The van der Waals surface area contributed by atoms with Crippen LogP contribution in [0.1, 0.15) is 15.9 Å². The van der Waals surface area contributed by atoms with Crippen molar-refractivity contribution in [2.24, 2.45) is 0 Å². The normalized spacial score (nSPS) is 10.2. The van der Waals surface area contributed by atoms with Crippen molar-refractivity contribution < 1.29 is 9.18 Å². The van der Waals surface area contributed by atoms with Gasteiger partial charge in [-0.1, -0.05) is 15.9 Å². The first-order valence-electron chi connectivity index (χ1n) is 3.61. The molecule has 0 aliphatic carbocycles. The number of alkyl halides is 1. The van der Waals surface area contributed by atoms with Crippen LogP contribution in [0.5, 0.6) is 0 Å². The molecule has 0 bridgehead atoms. The van der Waals surface area contributed by atoms with Crippen LogP contribution in [0.25, 0.3) is 0 Å². The third-order valence-corrected chi connectivity index (χ3v) is 2.65. The van der Waals surface area contributed by atoms with E-state index in [9.17, 15) is 9.18 Å². The standard InChI is InChI=1S/C9H7BrClFO/c1-5-7(12)3-2-6(10)9(5)8(13)4-11/h2-3H,4H2,1H3. The summed E-state index contributed by atoms with van der Waals surface area (Å²) in [5, 5.41) is 0. The first-order valence-corrected chi connectivity index (χ1v) is 4.94. The molecule has 0 heterocycles. The van der Waals surface area contributed by atoms with Crippen LogP contribution in [0.3, 0.4) is 0 Å². The van der Waals surface area contributed by atoms with Crippen molar-refractivity contribution in [1.29, 1.82) is 0 Å². The van der Waals surface area contributed by atoms with Crippen molar-refractivity contribution in [1.82, 2.24) is 0 Å². The van der Waals surface area contributed by atoms with E-state index in [0.29, 0.717) is 15.6 Å². The monoisotopic (exact) mass is 264 g/mol. The van der Waals surface area contributed by atoms with Gasteiger partial charge in [0.05, 0.1) is 5.88 Å². The van der Waals surface area contributed by atoms with Gasteiger partial charge < -0.3 is 0 Å². The molecule has 4 heteroatoms. The van der Waals surface area contributed by atoms with E-state index in [4.69, 9.17) is 11.6 Å². The van der Waals surface area contributed by atoms with Crippen LogP contribution < -0.4 is 0 Å². The van der Waals surface area contributed by atoms with Gasteiger partial charge in [-0.15, -0.1) is 11.6 Å². The summed E-state index contributed by atoms with van der Waals surface area (Å²) in [7, 11) is 0. The zero-order valence-electron chi connectivity index (χ0n) is 6.90. The first-order chi connectivity index (χ1) is 6.07. The molecule has 0 saturated carbocycles. The number of carbonyl (C=O) groups excluding carboxylic acids is 1. The Labute approximate surface area is 89.0 Å². The largest absolute Gasteiger partial charge is 0.293 e. The molecular weight excluding hydrogens is 258 g/mol. The van der Waals surface area contributed by atoms with Gasteiger partial charge in [-0.3, -0.25) is 4.79 Å². The fraction of sp³-hybridized carbons (Fsp3) is 0.222. The topological polar surface area (TPSA) is 17.1 Å². The second kappa shape index (κ2) is 4.20. The van der Waals surface area contributed by atoms with E-state index in [1.165, 1.54) is 12.1 Å². The lowest BCUT2D eigenvalue weighted by atomic mass is 10.1. The summed E-state index contributed by atoms with van der Waals surface area (Å²) >= 11 is 8.57. The predicted molar refractivity (Wildman–Crippen MR) is 53.9 cm³/mol. The fourth-order valence-corrected chi connectivity index (χ4v) is 1.85. The highest BCUT2D eigenvalue weighted by molar-refractivity contribution is 9.10. The molecule has 0 spiro atoms. The van der Waals surface area contributed by atoms with E-state index in [-0.39, 0.29) is 11.7 Å². The molecule has 0 aliphatic rings. The predicted octanol–water partition coefficient (Wildman–Crippen LogP) is 3.32. The fourth-order valence-electron chi connectivity index (χ4n) is 1.06. The van der Waals surface area contributed by atoms with Gasteiger partial charge in [0.25, 0.3) is 0 Å². The number of ketones is 1. The van der Waals surface area contributed by atoms with Gasteiger partial charge in [-0.2, -0.15) is 0 Å². The van der Waals surface area contributed by atoms with Crippen molar-refractivity contribution in [3.05, 3.63) is 33.5 Å². The average Bonchev–Trinajstić information content (AvgIpc) is 2.12. The zero-order chi connectivity index (χ0) is 10.0. The molecule has 70 valence electrons. The molecule has 13 heavy (non-hydrogen) atoms. The molecule has 1 aromatic carbocycles. The Morgan fingerprint density at radius 1 is 1.62 bits per heavy atom. The lowest BCUT2D eigenvalue weighted by Crippen LogP contribution is -2.05. The number of Topliss-reactive ketones (excluding diaryl/α,β-unsaturated/α-hetero) is 1. The Hall–Kier alpha value is -0.410. The van der Waals surface area contributed by atoms with Crippen molar-refractivity contribution in [2.45, 2.75) is 6.92 Å². The number of hydrogen-bond donors (Lipinski definition) is 0. The Kier molecular flexibility index (Phi) is 3.45. The van der Waals surface area contributed by atoms with Gasteiger partial charge in [0.2, 0.25) is 0 Å². The second-order valence-corrected chi connectivity index (χ2v) is 3.71.